The lowest BCUT2D eigenvalue weighted by atomic mass is 9.96. The number of fused-ring (bicyclic) bond motifs is 8. The van der Waals surface area contributed by atoms with Gasteiger partial charge in [-0.15, -0.1) is 11.3 Å². The first-order chi connectivity index (χ1) is 21.2. The van der Waals surface area contributed by atoms with Crippen molar-refractivity contribution in [2.75, 3.05) is 0 Å². The van der Waals surface area contributed by atoms with E-state index in [1.165, 1.54) is 75.0 Å². The van der Waals surface area contributed by atoms with E-state index in [4.69, 9.17) is 0 Å². The molecule has 0 saturated heterocycles. The van der Waals surface area contributed by atoms with Crippen LogP contribution in [0.25, 0.3) is 80.7 Å². The number of halogens is 1. The fourth-order valence-corrected chi connectivity index (χ4v) is 8.66. The van der Waals surface area contributed by atoms with E-state index >= 15 is 0 Å². The van der Waals surface area contributed by atoms with Crippen molar-refractivity contribution in [2.24, 2.45) is 0 Å². The van der Waals surface area contributed by atoms with E-state index in [9.17, 15) is 0 Å². The molecule has 9 rings (SSSR count). The maximum Gasteiger partial charge on any atom is 0.0720 e. The molecule has 202 valence electrons. The molecule has 0 unspecified atom stereocenters. The Morgan fingerprint density at radius 2 is 1.19 bits per heavy atom. The van der Waals surface area contributed by atoms with Gasteiger partial charge in [0.2, 0.25) is 0 Å². The van der Waals surface area contributed by atoms with Gasteiger partial charge in [0, 0.05) is 36.4 Å². The van der Waals surface area contributed by atoms with E-state index in [-0.39, 0.29) is 0 Å². The van der Waals surface area contributed by atoms with Crippen LogP contribution in [0.5, 0.6) is 0 Å². The molecule has 0 aliphatic rings. The number of thiophene rings is 1. The summed E-state index contributed by atoms with van der Waals surface area (Å²) in [6, 6.07) is 53.1. The Hall–Kier alpha value is -4.70. The molecule has 0 saturated carbocycles. The third kappa shape index (κ3) is 3.89. The molecule has 1 nitrogen and oxygen atoms in total. The van der Waals surface area contributed by atoms with Crippen LogP contribution < -0.4 is 0 Å². The van der Waals surface area contributed by atoms with Crippen molar-refractivity contribution < 1.29 is 0 Å². The highest BCUT2D eigenvalue weighted by Gasteiger charge is 2.20. The Labute approximate surface area is 261 Å². The van der Waals surface area contributed by atoms with Crippen molar-refractivity contribution in [1.29, 1.82) is 0 Å². The molecule has 7 aromatic carbocycles. The third-order valence-electron chi connectivity index (χ3n) is 8.60. The molecule has 0 aliphatic heterocycles. The molecule has 2 aromatic heterocycles. The minimum atomic E-state index is 1.14. The maximum atomic E-state index is 3.97. The van der Waals surface area contributed by atoms with Crippen LogP contribution in [0.1, 0.15) is 0 Å². The second-order valence-corrected chi connectivity index (χ2v) is 13.0. The molecule has 2 heterocycles. The van der Waals surface area contributed by atoms with Crippen LogP contribution in [0.2, 0.25) is 0 Å². The van der Waals surface area contributed by atoms with Crippen molar-refractivity contribution in [3.05, 3.63) is 150 Å². The fraction of sp³-hybridized carbons (Fsp3) is 0. The van der Waals surface area contributed by atoms with Gasteiger partial charge in [0.25, 0.3) is 0 Å². The monoisotopic (exact) mass is 629 g/mol. The van der Waals surface area contributed by atoms with Crippen LogP contribution in [-0.2, 0) is 0 Å². The van der Waals surface area contributed by atoms with E-state index in [0.717, 1.165) is 10.2 Å². The van der Waals surface area contributed by atoms with Gasteiger partial charge in [0.05, 0.1) is 15.7 Å². The van der Waals surface area contributed by atoms with E-state index in [0.29, 0.717) is 0 Å². The second-order valence-electron chi connectivity index (χ2n) is 11.1. The summed E-state index contributed by atoms with van der Waals surface area (Å²) in [6.45, 7) is 0. The number of hydrogen-bond donors (Lipinski definition) is 0. The Morgan fingerprint density at radius 1 is 0.488 bits per heavy atom. The number of rotatable bonds is 3. The molecule has 0 spiro atoms. The van der Waals surface area contributed by atoms with Crippen LogP contribution in [0.3, 0.4) is 0 Å². The highest BCUT2D eigenvalue weighted by molar-refractivity contribution is 9.10. The van der Waals surface area contributed by atoms with Crippen molar-refractivity contribution in [3.8, 4) is 27.9 Å². The molecule has 3 heteroatoms. The summed E-state index contributed by atoms with van der Waals surface area (Å²) in [7, 11) is 0. The number of aromatic nitrogens is 1. The lowest BCUT2D eigenvalue weighted by Gasteiger charge is -2.15. The van der Waals surface area contributed by atoms with Gasteiger partial charge >= 0.3 is 0 Å². The zero-order valence-corrected chi connectivity index (χ0v) is 25.5. The molecule has 0 aliphatic carbocycles. The van der Waals surface area contributed by atoms with Crippen molar-refractivity contribution in [3.63, 3.8) is 0 Å². The fourth-order valence-electron chi connectivity index (χ4n) is 6.62. The summed E-state index contributed by atoms with van der Waals surface area (Å²) in [5.41, 5.74) is 8.47. The van der Waals surface area contributed by atoms with Crippen LogP contribution in [0.15, 0.2) is 150 Å². The normalized spacial score (nSPS) is 11.8. The minimum Gasteiger partial charge on any atom is -0.308 e. The summed E-state index contributed by atoms with van der Waals surface area (Å²) >= 11 is 5.85. The Morgan fingerprint density at radius 3 is 2.05 bits per heavy atom. The zero-order valence-electron chi connectivity index (χ0n) is 23.1. The van der Waals surface area contributed by atoms with Gasteiger partial charge in [-0.3, -0.25) is 0 Å². The second kappa shape index (κ2) is 9.67. The first-order valence-electron chi connectivity index (χ1n) is 14.5. The quantitative estimate of drug-likeness (QED) is 0.183. The van der Waals surface area contributed by atoms with Crippen LogP contribution in [0.4, 0.5) is 0 Å². The number of nitrogens with zero attached hydrogens (tertiary/aromatic N) is 1. The molecular weight excluding hydrogens is 606 g/mol. The third-order valence-corrected chi connectivity index (χ3v) is 10.4. The first kappa shape index (κ1) is 24.9. The summed E-state index contributed by atoms with van der Waals surface area (Å²) in [6.07, 6.45) is 0. The van der Waals surface area contributed by atoms with Crippen LogP contribution in [0, 0.1) is 0 Å². The molecule has 9 aromatic rings. The Balaban J connectivity index is 1.42. The number of para-hydroxylation sites is 1. The van der Waals surface area contributed by atoms with Gasteiger partial charge in [0.15, 0.2) is 0 Å². The van der Waals surface area contributed by atoms with E-state index in [1.54, 1.807) is 0 Å². The molecule has 0 amide bonds. The largest absolute Gasteiger partial charge is 0.308 e. The zero-order chi connectivity index (χ0) is 28.5. The molecule has 0 bridgehead atoms. The van der Waals surface area contributed by atoms with E-state index < -0.39 is 0 Å². The van der Waals surface area contributed by atoms with Gasteiger partial charge in [-0.1, -0.05) is 119 Å². The summed E-state index contributed by atoms with van der Waals surface area (Å²) in [5, 5.41) is 7.61. The molecule has 43 heavy (non-hydrogen) atoms. The van der Waals surface area contributed by atoms with E-state index in [1.807, 2.05) is 11.3 Å². The highest BCUT2D eigenvalue weighted by atomic mass is 79.9. The number of benzene rings is 7. The highest BCUT2D eigenvalue weighted by Crippen LogP contribution is 2.46. The van der Waals surface area contributed by atoms with Crippen LogP contribution >= 0.6 is 27.3 Å². The number of hydrogen-bond acceptors (Lipinski definition) is 1. The van der Waals surface area contributed by atoms with Crippen molar-refractivity contribution in [2.45, 2.75) is 0 Å². The standard InChI is InChI=1S/C40H24BrNS/c41-35-24-34-32-14-6-8-16-36(32)42(39(34)40-38(35)33-15-7-9-17-37(33)43-40)31-22-29(25-10-2-1-3-11-25)21-30(23-31)28-19-18-26-12-4-5-13-27(26)20-28/h1-24H. The minimum absolute atomic E-state index is 1.14. The van der Waals surface area contributed by atoms with E-state index in [2.05, 4.69) is 166 Å². The van der Waals surface area contributed by atoms with Crippen molar-refractivity contribution >= 4 is 80.0 Å². The summed E-state index contributed by atoms with van der Waals surface area (Å²) < 4.78 is 6.24. The van der Waals surface area contributed by atoms with Gasteiger partial charge < -0.3 is 4.57 Å². The average molecular weight is 631 g/mol. The average Bonchev–Trinajstić information content (AvgIpc) is 3.61. The predicted molar refractivity (Wildman–Crippen MR) is 190 cm³/mol. The van der Waals surface area contributed by atoms with Gasteiger partial charge in [-0.05, 0) is 75.5 Å². The molecular formula is C40H24BrNS. The Kier molecular flexibility index (Phi) is 5.59. The molecule has 0 radical (unpaired) electrons. The molecule has 0 fully saturated rings. The predicted octanol–water partition coefficient (Wildman–Crippen LogP) is 12.4. The first-order valence-corrected chi connectivity index (χ1v) is 16.1. The summed E-state index contributed by atoms with van der Waals surface area (Å²) in [4.78, 5) is 0. The van der Waals surface area contributed by atoms with Crippen molar-refractivity contribution in [1.82, 2.24) is 4.57 Å². The smallest absolute Gasteiger partial charge is 0.0720 e. The van der Waals surface area contributed by atoms with Gasteiger partial charge in [-0.25, -0.2) is 0 Å². The topological polar surface area (TPSA) is 4.93 Å². The van der Waals surface area contributed by atoms with Gasteiger partial charge in [-0.2, -0.15) is 0 Å². The molecule has 0 atom stereocenters. The van der Waals surface area contributed by atoms with Gasteiger partial charge in [0.1, 0.15) is 0 Å². The molecule has 0 N–H and O–H groups in total. The lowest BCUT2D eigenvalue weighted by molar-refractivity contribution is 1.19. The SMILES string of the molecule is Brc1cc2c3ccccc3n(-c3cc(-c4ccccc4)cc(-c4ccc5ccccc5c4)c3)c2c2sc3ccccc3c12. The van der Waals surface area contributed by atoms with Crippen LogP contribution in [-0.4, -0.2) is 4.57 Å². The maximum absolute atomic E-state index is 3.97. The Bertz CT molecular complexity index is 2520. The lowest BCUT2D eigenvalue weighted by Crippen LogP contribution is -1.96. The summed E-state index contributed by atoms with van der Waals surface area (Å²) in [5.74, 6) is 0.